The van der Waals surface area contributed by atoms with Crippen molar-refractivity contribution in [2.75, 3.05) is 26.2 Å². The summed E-state index contributed by atoms with van der Waals surface area (Å²) in [6.07, 6.45) is 0.943. The van der Waals surface area contributed by atoms with Crippen LogP contribution in [0.15, 0.2) is 35.7 Å². The molecule has 1 aromatic heterocycles. The van der Waals surface area contributed by atoms with Gasteiger partial charge in [0, 0.05) is 38.0 Å². The molecule has 0 spiro atoms. The Morgan fingerprint density at radius 1 is 1.16 bits per heavy atom. The highest BCUT2D eigenvalue weighted by atomic mass is 32.1. The standard InChI is InChI=1S/C15H19N3S/c1-2-4-13(5-3-1)10-14-12-19-15(17-14)11-18-8-6-16-7-9-18/h1-5,12,16H,6-11H2. The van der Waals surface area contributed by atoms with Gasteiger partial charge in [-0.15, -0.1) is 11.3 Å². The topological polar surface area (TPSA) is 28.2 Å². The summed E-state index contributed by atoms with van der Waals surface area (Å²) in [4.78, 5) is 7.23. The molecule has 3 rings (SSSR count). The van der Waals surface area contributed by atoms with Crippen molar-refractivity contribution < 1.29 is 0 Å². The van der Waals surface area contributed by atoms with Gasteiger partial charge in [0.05, 0.1) is 12.2 Å². The number of thiazole rings is 1. The summed E-state index contributed by atoms with van der Waals surface area (Å²) in [5.74, 6) is 0. The average molecular weight is 273 g/mol. The molecule has 1 aromatic carbocycles. The molecule has 0 unspecified atom stereocenters. The summed E-state index contributed by atoms with van der Waals surface area (Å²) in [5, 5.41) is 6.82. The molecule has 1 saturated heterocycles. The van der Waals surface area contributed by atoms with Crippen molar-refractivity contribution in [2.24, 2.45) is 0 Å². The number of hydrogen-bond acceptors (Lipinski definition) is 4. The van der Waals surface area contributed by atoms with Crippen molar-refractivity contribution in [3.63, 3.8) is 0 Å². The Bertz CT molecular complexity index is 503. The first-order valence-corrected chi connectivity index (χ1v) is 7.68. The molecule has 0 amide bonds. The highest BCUT2D eigenvalue weighted by Gasteiger charge is 2.12. The summed E-state index contributed by atoms with van der Waals surface area (Å²) in [7, 11) is 0. The first-order chi connectivity index (χ1) is 9.40. The van der Waals surface area contributed by atoms with E-state index >= 15 is 0 Å². The zero-order chi connectivity index (χ0) is 12.9. The van der Waals surface area contributed by atoms with Gasteiger partial charge in [0.15, 0.2) is 0 Å². The van der Waals surface area contributed by atoms with Gasteiger partial charge in [0.2, 0.25) is 0 Å². The molecule has 100 valence electrons. The van der Waals surface area contributed by atoms with Gasteiger partial charge in [0.25, 0.3) is 0 Å². The van der Waals surface area contributed by atoms with Crippen LogP contribution < -0.4 is 5.32 Å². The largest absolute Gasteiger partial charge is 0.314 e. The maximum Gasteiger partial charge on any atom is 0.107 e. The Morgan fingerprint density at radius 3 is 2.74 bits per heavy atom. The quantitative estimate of drug-likeness (QED) is 0.925. The van der Waals surface area contributed by atoms with Crippen LogP contribution in [-0.2, 0) is 13.0 Å². The highest BCUT2D eigenvalue weighted by molar-refractivity contribution is 7.09. The first kappa shape index (κ1) is 12.8. The smallest absolute Gasteiger partial charge is 0.107 e. The number of rotatable bonds is 4. The van der Waals surface area contributed by atoms with Gasteiger partial charge < -0.3 is 5.32 Å². The number of benzene rings is 1. The van der Waals surface area contributed by atoms with E-state index in [1.807, 2.05) is 0 Å². The summed E-state index contributed by atoms with van der Waals surface area (Å²) < 4.78 is 0. The molecular weight excluding hydrogens is 254 g/mol. The molecular formula is C15H19N3S. The third kappa shape index (κ3) is 3.62. The summed E-state index contributed by atoms with van der Waals surface area (Å²) in [6, 6.07) is 10.6. The lowest BCUT2D eigenvalue weighted by Crippen LogP contribution is -2.42. The van der Waals surface area contributed by atoms with Gasteiger partial charge >= 0.3 is 0 Å². The maximum absolute atomic E-state index is 4.76. The Hall–Kier alpha value is -1.23. The van der Waals surface area contributed by atoms with Crippen molar-refractivity contribution in [2.45, 2.75) is 13.0 Å². The van der Waals surface area contributed by atoms with E-state index in [2.05, 4.69) is 45.9 Å². The molecule has 0 saturated carbocycles. The summed E-state index contributed by atoms with van der Waals surface area (Å²) in [6.45, 7) is 5.47. The normalized spacial score (nSPS) is 16.6. The molecule has 2 heterocycles. The van der Waals surface area contributed by atoms with E-state index in [0.717, 1.165) is 39.1 Å². The lowest BCUT2D eigenvalue weighted by Gasteiger charge is -2.26. The van der Waals surface area contributed by atoms with E-state index in [-0.39, 0.29) is 0 Å². The van der Waals surface area contributed by atoms with Gasteiger partial charge in [-0.2, -0.15) is 0 Å². The van der Waals surface area contributed by atoms with Gasteiger partial charge in [-0.05, 0) is 5.56 Å². The predicted octanol–water partition coefficient (Wildman–Crippen LogP) is 2.14. The molecule has 0 radical (unpaired) electrons. The van der Waals surface area contributed by atoms with Crippen molar-refractivity contribution in [1.82, 2.24) is 15.2 Å². The Morgan fingerprint density at radius 2 is 1.95 bits per heavy atom. The fraction of sp³-hybridized carbons (Fsp3) is 0.400. The molecule has 1 fully saturated rings. The Kier molecular flexibility index (Phi) is 4.23. The minimum absolute atomic E-state index is 0.943. The SMILES string of the molecule is c1ccc(Cc2csc(CN3CCNCC3)n2)cc1. The number of nitrogens with zero attached hydrogens (tertiary/aromatic N) is 2. The van der Waals surface area contributed by atoms with Crippen molar-refractivity contribution in [1.29, 1.82) is 0 Å². The molecule has 1 N–H and O–H groups in total. The van der Waals surface area contributed by atoms with Crippen molar-refractivity contribution >= 4 is 11.3 Å². The summed E-state index contributed by atoms with van der Waals surface area (Å²) >= 11 is 1.79. The van der Waals surface area contributed by atoms with E-state index < -0.39 is 0 Å². The average Bonchev–Trinajstić information content (AvgIpc) is 2.88. The van der Waals surface area contributed by atoms with Gasteiger partial charge in [-0.1, -0.05) is 30.3 Å². The van der Waals surface area contributed by atoms with Crippen molar-refractivity contribution in [3.05, 3.63) is 52.0 Å². The minimum atomic E-state index is 0.943. The van der Waals surface area contributed by atoms with E-state index in [1.165, 1.54) is 16.3 Å². The second-order valence-corrected chi connectivity index (χ2v) is 5.86. The second-order valence-electron chi connectivity index (χ2n) is 4.92. The molecule has 2 aromatic rings. The van der Waals surface area contributed by atoms with Crippen LogP contribution >= 0.6 is 11.3 Å². The molecule has 19 heavy (non-hydrogen) atoms. The third-order valence-electron chi connectivity index (χ3n) is 3.40. The van der Waals surface area contributed by atoms with Crippen LogP contribution in [0.5, 0.6) is 0 Å². The van der Waals surface area contributed by atoms with Gasteiger partial charge in [-0.25, -0.2) is 4.98 Å². The monoisotopic (exact) mass is 273 g/mol. The first-order valence-electron chi connectivity index (χ1n) is 6.80. The molecule has 4 heteroatoms. The third-order valence-corrected chi connectivity index (χ3v) is 4.28. The number of piperazine rings is 1. The zero-order valence-corrected chi connectivity index (χ0v) is 11.8. The number of aromatic nitrogens is 1. The van der Waals surface area contributed by atoms with Crippen molar-refractivity contribution in [3.8, 4) is 0 Å². The zero-order valence-electron chi connectivity index (χ0n) is 11.0. The van der Waals surface area contributed by atoms with Crippen LogP contribution in [0, 0.1) is 0 Å². The second kappa shape index (κ2) is 6.28. The van der Waals surface area contributed by atoms with E-state index in [1.54, 1.807) is 11.3 Å². The minimum Gasteiger partial charge on any atom is -0.314 e. The van der Waals surface area contributed by atoms with E-state index in [9.17, 15) is 0 Å². The van der Waals surface area contributed by atoms with Crippen LogP contribution in [0.25, 0.3) is 0 Å². The van der Waals surface area contributed by atoms with E-state index in [4.69, 9.17) is 4.98 Å². The van der Waals surface area contributed by atoms with Crippen LogP contribution in [0.4, 0.5) is 0 Å². The molecule has 3 nitrogen and oxygen atoms in total. The van der Waals surface area contributed by atoms with Crippen LogP contribution in [0.1, 0.15) is 16.3 Å². The molecule has 0 atom stereocenters. The highest BCUT2D eigenvalue weighted by Crippen LogP contribution is 2.15. The van der Waals surface area contributed by atoms with Crippen LogP contribution in [0.3, 0.4) is 0 Å². The lowest BCUT2D eigenvalue weighted by atomic mass is 10.1. The van der Waals surface area contributed by atoms with Gasteiger partial charge in [-0.3, -0.25) is 4.90 Å². The molecule has 1 aliphatic heterocycles. The lowest BCUT2D eigenvalue weighted by molar-refractivity contribution is 0.233. The van der Waals surface area contributed by atoms with E-state index in [0.29, 0.717) is 0 Å². The number of hydrogen-bond donors (Lipinski definition) is 1. The number of nitrogens with one attached hydrogen (secondary N) is 1. The Balaban J connectivity index is 1.59. The summed E-state index contributed by atoms with van der Waals surface area (Å²) in [5.41, 5.74) is 2.53. The van der Waals surface area contributed by atoms with Crippen LogP contribution in [-0.4, -0.2) is 36.1 Å². The predicted molar refractivity (Wildman–Crippen MR) is 79.5 cm³/mol. The fourth-order valence-electron chi connectivity index (χ4n) is 2.37. The molecule has 0 bridgehead atoms. The maximum atomic E-state index is 4.76. The Labute approximate surface area is 118 Å². The fourth-order valence-corrected chi connectivity index (χ4v) is 3.20. The van der Waals surface area contributed by atoms with Gasteiger partial charge in [0.1, 0.15) is 5.01 Å². The van der Waals surface area contributed by atoms with Crippen LogP contribution in [0.2, 0.25) is 0 Å². The molecule has 0 aliphatic carbocycles. The molecule has 1 aliphatic rings.